The van der Waals surface area contributed by atoms with Crippen molar-refractivity contribution in [3.63, 3.8) is 0 Å². The Morgan fingerprint density at radius 1 is 1.50 bits per heavy atom. The lowest BCUT2D eigenvalue weighted by atomic mass is 10.1. The van der Waals surface area contributed by atoms with Gasteiger partial charge < -0.3 is 20.3 Å². The molecule has 22 heavy (non-hydrogen) atoms. The minimum absolute atomic E-state index is 0.126. The smallest absolute Gasteiger partial charge is 0.315 e. The summed E-state index contributed by atoms with van der Waals surface area (Å²) in [6, 6.07) is 4.04. The zero-order valence-electron chi connectivity index (χ0n) is 12.3. The number of hydrogen-bond acceptors (Lipinski definition) is 3. The Labute approximate surface area is 128 Å². The van der Waals surface area contributed by atoms with Crippen molar-refractivity contribution in [1.82, 2.24) is 20.2 Å². The number of benzene rings is 1. The maximum Gasteiger partial charge on any atom is 0.315 e. The standard InChI is InChI=1S/C15H19FN4O2/c1-11(9-21)19-15(22)18-7-12-2-3-14(16)13(6-12)8-20-5-4-17-10-20/h2-6,10-11,21H,7-9H2,1H3,(H2,18,19,22). The highest BCUT2D eigenvalue weighted by Gasteiger charge is 2.07. The van der Waals surface area contributed by atoms with Crippen LogP contribution in [-0.2, 0) is 13.1 Å². The van der Waals surface area contributed by atoms with Crippen molar-refractivity contribution >= 4 is 6.03 Å². The molecule has 0 saturated carbocycles. The lowest BCUT2D eigenvalue weighted by Gasteiger charge is -2.13. The number of aliphatic hydroxyl groups excluding tert-OH is 1. The van der Waals surface area contributed by atoms with Crippen molar-refractivity contribution in [3.8, 4) is 0 Å². The van der Waals surface area contributed by atoms with Gasteiger partial charge in [-0.15, -0.1) is 0 Å². The average molecular weight is 306 g/mol. The number of nitrogens with one attached hydrogen (secondary N) is 2. The molecule has 1 heterocycles. The Hall–Kier alpha value is -2.41. The van der Waals surface area contributed by atoms with Crippen LogP contribution in [0, 0.1) is 5.82 Å². The molecule has 2 amide bonds. The molecule has 0 aliphatic rings. The van der Waals surface area contributed by atoms with Crippen molar-refractivity contribution in [3.05, 3.63) is 53.9 Å². The molecular formula is C15H19FN4O2. The van der Waals surface area contributed by atoms with Crippen LogP contribution in [0.15, 0.2) is 36.9 Å². The van der Waals surface area contributed by atoms with Gasteiger partial charge in [0.05, 0.1) is 25.5 Å². The van der Waals surface area contributed by atoms with E-state index in [9.17, 15) is 9.18 Å². The number of rotatable bonds is 6. The minimum Gasteiger partial charge on any atom is -0.394 e. The van der Waals surface area contributed by atoms with Crippen molar-refractivity contribution in [2.45, 2.75) is 26.1 Å². The molecule has 0 aliphatic heterocycles. The highest BCUT2D eigenvalue weighted by molar-refractivity contribution is 5.74. The summed E-state index contributed by atoms with van der Waals surface area (Å²) in [5.41, 5.74) is 1.32. The SMILES string of the molecule is CC(CO)NC(=O)NCc1ccc(F)c(Cn2ccnc2)c1. The van der Waals surface area contributed by atoms with Gasteiger partial charge in [-0.3, -0.25) is 0 Å². The minimum atomic E-state index is -0.373. The third kappa shape index (κ3) is 4.56. The molecule has 0 radical (unpaired) electrons. The van der Waals surface area contributed by atoms with Crippen LogP contribution in [0.25, 0.3) is 0 Å². The van der Waals surface area contributed by atoms with Crippen LogP contribution in [-0.4, -0.2) is 33.3 Å². The number of carbonyl (C=O) groups excluding carboxylic acids is 1. The third-order valence-corrected chi connectivity index (χ3v) is 3.13. The topological polar surface area (TPSA) is 79.2 Å². The molecule has 6 nitrogen and oxygen atoms in total. The molecule has 3 N–H and O–H groups in total. The molecule has 7 heteroatoms. The molecule has 0 saturated heterocycles. The van der Waals surface area contributed by atoms with Crippen LogP contribution in [0.2, 0.25) is 0 Å². The predicted octanol–water partition coefficient (Wildman–Crippen LogP) is 1.25. The molecule has 1 aromatic carbocycles. The molecule has 0 spiro atoms. The molecular weight excluding hydrogens is 287 g/mol. The second-order valence-corrected chi connectivity index (χ2v) is 5.07. The zero-order chi connectivity index (χ0) is 15.9. The quantitative estimate of drug-likeness (QED) is 0.751. The number of aromatic nitrogens is 2. The Morgan fingerprint density at radius 2 is 2.32 bits per heavy atom. The lowest BCUT2D eigenvalue weighted by Crippen LogP contribution is -2.41. The summed E-state index contributed by atoms with van der Waals surface area (Å²) in [5.74, 6) is -0.296. The first-order valence-corrected chi connectivity index (χ1v) is 6.96. The third-order valence-electron chi connectivity index (χ3n) is 3.13. The van der Waals surface area contributed by atoms with E-state index in [1.165, 1.54) is 6.07 Å². The van der Waals surface area contributed by atoms with Gasteiger partial charge in [-0.05, 0) is 24.6 Å². The van der Waals surface area contributed by atoms with Gasteiger partial charge in [-0.25, -0.2) is 14.2 Å². The fourth-order valence-corrected chi connectivity index (χ4v) is 1.94. The van der Waals surface area contributed by atoms with Gasteiger partial charge in [0.25, 0.3) is 0 Å². The molecule has 1 atom stereocenters. The van der Waals surface area contributed by atoms with Crippen LogP contribution in [0.5, 0.6) is 0 Å². The number of halogens is 1. The summed E-state index contributed by atoms with van der Waals surface area (Å²) in [7, 11) is 0. The normalized spacial score (nSPS) is 12.0. The Balaban J connectivity index is 1.96. The average Bonchev–Trinajstić information content (AvgIpc) is 3.01. The number of nitrogens with zero attached hydrogens (tertiary/aromatic N) is 2. The number of imidazole rings is 1. The molecule has 0 bridgehead atoms. The zero-order valence-corrected chi connectivity index (χ0v) is 12.3. The van der Waals surface area contributed by atoms with Crippen LogP contribution in [0.1, 0.15) is 18.1 Å². The van der Waals surface area contributed by atoms with E-state index in [0.717, 1.165) is 5.56 Å². The summed E-state index contributed by atoms with van der Waals surface area (Å²) in [6.45, 7) is 2.23. The van der Waals surface area contributed by atoms with Crippen LogP contribution >= 0.6 is 0 Å². The van der Waals surface area contributed by atoms with Gasteiger partial charge in [0.15, 0.2) is 0 Å². The number of aliphatic hydroxyl groups is 1. The van der Waals surface area contributed by atoms with E-state index < -0.39 is 0 Å². The molecule has 0 aliphatic carbocycles. The lowest BCUT2D eigenvalue weighted by molar-refractivity contribution is 0.220. The number of hydrogen-bond donors (Lipinski definition) is 3. The first-order chi connectivity index (χ1) is 10.6. The highest BCUT2D eigenvalue weighted by Crippen LogP contribution is 2.12. The van der Waals surface area contributed by atoms with Gasteiger partial charge in [0.1, 0.15) is 5.82 Å². The van der Waals surface area contributed by atoms with Gasteiger partial charge in [0.2, 0.25) is 0 Å². The molecule has 118 valence electrons. The second kappa shape index (κ2) is 7.56. The van der Waals surface area contributed by atoms with E-state index >= 15 is 0 Å². The molecule has 1 aromatic heterocycles. The van der Waals surface area contributed by atoms with Crippen LogP contribution < -0.4 is 10.6 Å². The number of urea groups is 1. The molecule has 2 aromatic rings. The van der Waals surface area contributed by atoms with Crippen LogP contribution in [0.3, 0.4) is 0 Å². The highest BCUT2D eigenvalue weighted by atomic mass is 19.1. The fourth-order valence-electron chi connectivity index (χ4n) is 1.94. The van der Waals surface area contributed by atoms with E-state index in [4.69, 9.17) is 5.11 Å². The van der Waals surface area contributed by atoms with E-state index in [-0.39, 0.29) is 31.0 Å². The van der Waals surface area contributed by atoms with E-state index in [1.54, 1.807) is 42.3 Å². The van der Waals surface area contributed by atoms with Crippen molar-refractivity contribution < 1.29 is 14.3 Å². The van der Waals surface area contributed by atoms with Crippen molar-refractivity contribution in [2.75, 3.05) is 6.61 Å². The van der Waals surface area contributed by atoms with Crippen molar-refractivity contribution in [1.29, 1.82) is 0 Å². The summed E-state index contributed by atoms with van der Waals surface area (Å²) in [5, 5.41) is 14.1. The summed E-state index contributed by atoms with van der Waals surface area (Å²) in [6.07, 6.45) is 5.01. The predicted molar refractivity (Wildman–Crippen MR) is 79.6 cm³/mol. The van der Waals surface area contributed by atoms with E-state index in [0.29, 0.717) is 12.1 Å². The summed E-state index contributed by atoms with van der Waals surface area (Å²) < 4.78 is 15.6. The number of carbonyl (C=O) groups is 1. The molecule has 0 fully saturated rings. The Morgan fingerprint density at radius 3 is 3.00 bits per heavy atom. The summed E-state index contributed by atoms with van der Waals surface area (Å²) in [4.78, 5) is 15.5. The van der Waals surface area contributed by atoms with Gasteiger partial charge in [-0.2, -0.15) is 0 Å². The fraction of sp³-hybridized carbons (Fsp3) is 0.333. The largest absolute Gasteiger partial charge is 0.394 e. The summed E-state index contributed by atoms with van der Waals surface area (Å²) >= 11 is 0. The maximum atomic E-state index is 13.8. The van der Waals surface area contributed by atoms with Gasteiger partial charge in [0, 0.05) is 24.5 Å². The van der Waals surface area contributed by atoms with Crippen molar-refractivity contribution in [2.24, 2.45) is 0 Å². The maximum absolute atomic E-state index is 13.8. The Bertz CT molecular complexity index is 616. The Kier molecular flexibility index (Phi) is 5.48. The second-order valence-electron chi connectivity index (χ2n) is 5.07. The van der Waals surface area contributed by atoms with Crippen LogP contribution in [0.4, 0.5) is 9.18 Å². The van der Waals surface area contributed by atoms with Gasteiger partial charge >= 0.3 is 6.03 Å². The first kappa shape index (κ1) is 16.0. The molecule has 1 unspecified atom stereocenters. The van der Waals surface area contributed by atoms with Gasteiger partial charge in [-0.1, -0.05) is 6.07 Å². The number of amides is 2. The monoisotopic (exact) mass is 306 g/mol. The van der Waals surface area contributed by atoms with E-state index in [1.807, 2.05) is 0 Å². The molecule has 2 rings (SSSR count). The first-order valence-electron chi connectivity index (χ1n) is 6.96. The van der Waals surface area contributed by atoms with E-state index in [2.05, 4.69) is 15.6 Å².